The van der Waals surface area contributed by atoms with Crippen LogP contribution in [0.4, 0.5) is 5.82 Å². The fourth-order valence-corrected chi connectivity index (χ4v) is 3.86. The Morgan fingerprint density at radius 1 is 1.14 bits per heavy atom. The van der Waals surface area contributed by atoms with E-state index in [1.165, 1.54) is 36.5 Å². The van der Waals surface area contributed by atoms with Gasteiger partial charge in [-0.3, -0.25) is 0 Å². The van der Waals surface area contributed by atoms with Crippen LogP contribution < -0.4 is 10.2 Å². The lowest BCUT2D eigenvalue weighted by molar-refractivity contribution is 0.351. The molecule has 0 radical (unpaired) electrons. The average Bonchev–Trinajstić information content (AvgIpc) is 2.54. The number of fused-ring (bicyclic) bond motifs is 1. The van der Waals surface area contributed by atoms with Crippen molar-refractivity contribution < 1.29 is 0 Å². The van der Waals surface area contributed by atoms with Gasteiger partial charge in [0.1, 0.15) is 5.82 Å². The second-order valence-electron chi connectivity index (χ2n) is 5.87. The van der Waals surface area contributed by atoms with E-state index in [9.17, 15) is 0 Å². The molecule has 3 rings (SSSR count). The second kappa shape index (κ2) is 6.32. The van der Waals surface area contributed by atoms with Crippen LogP contribution in [0.2, 0.25) is 0 Å². The van der Waals surface area contributed by atoms with Gasteiger partial charge in [-0.05, 0) is 44.9 Å². The molecule has 0 saturated heterocycles. The Kier molecular flexibility index (Phi) is 4.45. The molecular weight excluding hydrogens is 326 g/mol. The lowest BCUT2D eigenvalue weighted by Crippen LogP contribution is -2.40. The number of hydrogen-bond acceptors (Lipinski definition) is 3. The first-order valence-electron chi connectivity index (χ1n) is 7.64. The summed E-state index contributed by atoms with van der Waals surface area (Å²) >= 11 is 3.64. The van der Waals surface area contributed by atoms with Crippen molar-refractivity contribution >= 4 is 32.5 Å². The summed E-state index contributed by atoms with van der Waals surface area (Å²) < 4.78 is 1.14. The first kappa shape index (κ1) is 14.8. The van der Waals surface area contributed by atoms with E-state index in [0.29, 0.717) is 12.1 Å². The number of hydrogen-bond donors (Lipinski definition) is 1. The van der Waals surface area contributed by atoms with Crippen LogP contribution in [0.3, 0.4) is 0 Å². The highest BCUT2D eigenvalue weighted by Crippen LogP contribution is 2.32. The summed E-state index contributed by atoms with van der Waals surface area (Å²) in [5, 5.41) is 5.86. The van der Waals surface area contributed by atoms with Crippen LogP contribution in [0.15, 0.2) is 34.9 Å². The summed E-state index contributed by atoms with van der Waals surface area (Å²) in [5.74, 6) is 1.10. The largest absolute Gasteiger partial charge is 0.356 e. The molecule has 1 aromatic heterocycles. The number of nitrogens with zero attached hydrogens (tertiary/aromatic N) is 2. The van der Waals surface area contributed by atoms with E-state index in [4.69, 9.17) is 0 Å². The minimum absolute atomic E-state index is 0.590. The highest BCUT2D eigenvalue weighted by molar-refractivity contribution is 9.10. The van der Waals surface area contributed by atoms with Crippen LogP contribution in [0, 0.1) is 0 Å². The SMILES string of the molecule is CNC1CCC(N(C)c2nccc3c(Br)cccc23)CC1. The third-order valence-corrected chi connectivity index (χ3v) is 5.41. The molecule has 0 amide bonds. The molecule has 0 unspecified atom stereocenters. The van der Waals surface area contributed by atoms with Gasteiger partial charge in [-0.25, -0.2) is 4.98 Å². The molecule has 1 aliphatic carbocycles. The molecule has 0 spiro atoms. The molecule has 112 valence electrons. The standard InChI is InChI=1S/C17H22BrN3/c1-19-12-6-8-13(9-7-12)21(2)17-15-4-3-5-16(18)14(15)10-11-20-17/h3-5,10-13,19H,6-9H2,1-2H3. The molecular formula is C17H22BrN3. The Labute approximate surface area is 134 Å². The normalized spacial score (nSPS) is 22.4. The molecule has 0 aliphatic heterocycles. The Hall–Kier alpha value is -1.13. The van der Waals surface area contributed by atoms with Crippen molar-refractivity contribution in [3.63, 3.8) is 0 Å². The van der Waals surface area contributed by atoms with Gasteiger partial charge >= 0.3 is 0 Å². The smallest absolute Gasteiger partial charge is 0.136 e. The Morgan fingerprint density at radius 3 is 2.62 bits per heavy atom. The predicted octanol–water partition coefficient (Wildman–Crippen LogP) is 3.96. The van der Waals surface area contributed by atoms with E-state index < -0.39 is 0 Å². The van der Waals surface area contributed by atoms with E-state index in [2.05, 4.69) is 69.5 Å². The van der Waals surface area contributed by atoms with Crippen LogP contribution in [-0.4, -0.2) is 31.2 Å². The topological polar surface area (TPSA) is 28.2 Å². The maximum Gasteiger partial charge on any atom is 0.136 e. The number of halogens is 1. The van der Waals surface area contributed by atoms with Crippen LogP contribution in [-0.2, 0) is 0 Å². The van der Waals surface area contributed by atoms with E-state index in [-0.39, 0.29) is 0 Å². The highest BCUT2D eigenvalue weighted by Gasteiger charge is 2.24. The van der Waals surface area contributed by atoms with Crippen LogP contribution >= 0.6 is 15.9 Å². The molecule has 2 aromatic rings. The van der Waals surface area contributed by atoms with Crippen LogP contribution in [0.1, 0.15) is 25.7 Å². The van der Waals surface area contributed by atoms with Gasteiger partial charge in [0.05, 0.1) is 0 Å². The molecule has 1 heterocycles. The van der Waals surface area contributed by atoms with Crippen molar-refractivity contribution in [2.45, 2.75) is 37.8 Å². The monoisotopic (exact) mass is 347 g/mol. The molecule has 1 fully saturated rings. The van der Waals surface area contributed by atoms with Gasteiger partial charge in [0.15, 0.2) is 0 Å². The van der Waals surface area contributed by atoms with Gasteiger partial charge in [0, 0.05) is 40.6 Å². The quantitative estimate of drug-likeness (QED) is 0.910. The molecule has 3 nitrogen and oxygen atoms in total. The number of nitrogens with one attached hydrogen (secondary N) is 1. The van der Waals surface area contributed by atoms with E-state index >= 15 is 0 Å². The summed E-state index contributed by atoms with van der Waals surface area (Å²) in [6.07, 6.45) is 6.88. The third-order valence-electron chi connectivity index (χ3n) is 4.72. The fraction of sp³-hybridized carbons (Fsp3) is 0.471. The van der Waals surface area contributed by atoms with Crippen molar-refractivity contribution in [3.8, 4) is 0 Å². The van der Waals surface area contributed by atoms with Gasteiger partial charge in [0.2, 0.25) is 0 Å². The fourth-order valence-electron chi connectivity index (χ4n) is 3.36. The van der Waals surface area contributed by atoms with Crippen molar-refractivity contribution in [1.29, 1.82) is 0 Å². The summed E-state index contributed by atoms with van der Waals surface area (Å²) in [7, 11) is 4.26. The highest BCUT2D eigenvalue weighted by atomic mass is 79.9. The zero-order chi connectivity index (χ0) is 14.8. The second-order valence-corrected chi connectivity index (χ2v) is 6.73. The summed E-state index contributed by atoms with van der Waals surface area (Å²) in [6, 6.07) is 9.69. The summed E-state index contributed by atoms with van der Waals surface area (Å²) in [5.41, 5.74) is 0. The third kappa shape index (κ3) is 2.92. The number of aromatic nitrogens is 1. The average molecular weight is 348 g/mol. The van der Waals surface area contributed by atoms with Crippen molar-refractivity contribution in [3.05, 3.63) is 34.9 Å². The summed E-state index contributed by atoms with van der Waals surface area (Å²) in [6.45, 7) is 0. The Balaban J connectivity index is 1.88. The van der Waals surface area contributed by atoms with Gasteiger partial charge < -0.3 is 10.2 Å². The zero-order valence-electron chi connectivity index (χ0n) is 12.6. The van der Waals surface area contributed by atoms with Gasteiger partial charge in [-0.2, -0.15) is 0 Å². The minimum atomic E-state index is 0.590. The first-order chi connectivity index (χ1) is 10.2. The Morgan fingerprint density at radius 2 is 1.90 bits per heavy atom. The van der Waals surface area contributed by atoms with Gasteiger partial charge in [0.25, 0.3) is 0 Å². The molecule has 1 N–H and O–H groups in total. The van der Waals surface area contributed by atoms with Gasteiger partial charge in [-0.15, -0.1) is 0 Å². The number of pyridine rings is 1. The molecule has 4 heteroatoms. The molecule has 1 saturated carbocycles. The maximum atomic E-state index is 4.65. The number of anilines is 1. The van der Waals surface area contributed by atoms with E-state index in [0.717, 1.165) is 10.3 Å². The van der Waals surface area contributed by atoms with Crippen LogP contribution in [0.25, 0.3) is 10.8 Å². The van der Waals surface area contributed by atoms with Gasteiger partial charge in [-0.1, -0.05) is 28.1 Å². The van der Waals surface area contributed by atoms with Crippen molar-refractivity contribution in [2.24, 2.45) is 0 Å². The van der Waals surface area contributed by atoms with Crippen LogP contribution in [0.5, 0.6) is 0 Å². The maximum absolute atomic E-state index is 4.65. The number of benzene rings is 1. The van der Waals surface area contributed by atoms with Crippen molar-refractivity contribution in [2.75, 3.05) is 19.0 Å². The first-order valence-corrected chi connectivity index (χ1v) is 8.43. The molecule has 0 bridgehead atoms. The molecule has 0 atom stereocenters. The molecule has 1 aromatic carbocycles. The number of rotatable bonds is 3. The summed E-state index contributed by atoms with van der Waals surface area (Å²) in [4.78, 5) is 7.03. The van der Waals surface area contributed by atoms with Crippen molar-refractivity contribution in [1.82, 2.24) is 10.3 Å². The Bertz CT molecular complexity index is 620. The lowest BCUT2D eigenvalue weighted by Gasteiger charge is -2.35. The van der Waals surface area contributed by atoms with E-state index in [1.807, 2.05) is 6.20 Å². The zero-order valence-corrected chi connectivity index (χ0v) is 14.2. The molecule has 1 aliphatic rings. The molecule has 21 heavy (non-hydrogen) atoms. The van der Waals surface area contributed by atoms with E-state index in [1.54, 1.807) is 0 Å². The lowest BCUT2D eigenvalue weighted by atomic mass is 9.90. The predicted molar refractivity (Wildman–Crippen MR) is 92.9 cm³/mol. The minimum Gasteiger partial charge on any atom is -0.356 e.